The molecule has 2 rings (SSSR count). The molecule has 0 amide bonds. The first-order valence-corrected chi connectivity index (χ1v) is 5.99. The Morgan fingerprint density at radius 2 is 2.33 bits per heavy atom. The summed E-state index contributed by atoms with van der Waals surface area (Å²) in [6, 6.07) is 0.712. The zero-order valence-corrected chi connectivity index (χ0v) is 7.97. The lowest BCUT2D eigenvalue weighted by atomic mass is 10.4. The number of hydrogen-bond acceptors (Lipinski definition) is 3. The van der Waals surface area contributed by atoms with Gasteiger partial charge in [-0.2, -0.15) is 4.31 Å². The van der Waals surface area contributed by atoms with E-state index in [2.05, 4.69) is 5.32 Å². The highest BCUT2D eigenvalue weighted by atomic mass is 32.2. The Kier molecular flexibility index (Phi) is 1.89. The number of fused-ring (bicyclic) bond motifs is 1. The van der Waals surface area contributed by atoms with Crippen LogP contribution in [0.25, 0.3) is 0 Å². The number of rotatable bonds is 2. The van der Waals surface area contributed by atoms with Crippen molar-refractivity contribution in [3.8, 4) is 0 Å². The standard InChI is InChI=1S/C7H14N2O2S/c1-2-12(10,11)9-4-3-8-6-5-7(6)9/h6-8H,2-5H2,1H3. The smallest absolute Gasteiger partial charge is 0.214 e. The molecule has 2 atom stereocenters. The van der Waals surface area contributed by atoms with E-state index >= 15 is 0 Å². The summed E-state index contributed by atoms with van der Waals surface area (Å²) in [5.41, 5.74) is 0. The van der Waals surface area contributed by atoms with Crippen molar-refractivity contribution < 1.29 is 8.42 Å². The lowest BCUT2D eigenvalue weighted by Gasteiger charge is -2.25. The van der Waals surface area contributed by atoms with Crippen LogP contribution >= 0.6 is 0 Å². The van der Waals surface area contributed by atoms with Gasteiger partial charge in [-0.25, -0.2) is 8.42 Å². The molecular formula is C7H14N2O2S. The van der Waals surface area contributed by atoms with E-state index in [4.69, 9.17) is 0 Å². The predicted octanol–water partition coefficient (Wildman–Crippen LogP) is -0.618. The molecule has 5 heteroatoms. The average Bonchev–Trinajstić information content (AvgIpc) is 2.81. The summed E-state index contributed by atoms with van der Waals surface area (Å²) in [6.45, 7) is 3.16. The molecule has 2 fully saturated rings. The third kappa shape index (κ3) is 1.26. The van der Waals surface area contributed by atoms with Crippen LogP contribution in [0.5, 0.6) is 0 Å². The monoisotopic (exact) mass is 190 g/mol. The number of nitrogens with zero attached hydrogens (tertiary/aromatic N) is 1. The van der Waals surface area contributed by atoms with Gasteiger partial charge in [0.05, 0.1) is 5.75 Å². The number of piperazine rings is 1. The highest BCUT2D eigenvalue weighted by Gasteiger charge is 2.48. The van der Waals surface area contributed by atoms with Gasteiger partial charge in [0.25, 0.3) is 0 Å². The zero-order valence-electron chi connectivity index (χ0n) is 7.16. The fourth-order valence-corrected chi connectivity index (χ4v) is 3.10. The van der Waals surface area contributed by atoms with Gasteiger partial charge in [0.1, 0.15) is 0 Å². The fourth-order valence-electron chi connectivity index (χ4n) is 1.76. The molecule has 0 bridgehead atoms. The SMILES string of the molecule is CCS(=O)(=O)N1CCNC2CC21. The van der Waals surface area contributed by atoms with E-state index < -0.39 is 10.0 Å². The van der Waals surface area contributed by atoms with Gasteiger partial charge in [-0.05, 0) is 13.3 Å². The molecule has 2 aliphatic rings. The van der Waals surface area contributed by atoms with Crippen molar-refractivity contribution >= 4 is 10.0 Å². The van der Waals surface area contributed by atoms with E-state index in [1.807, 2.05) is 0 Å². The molecule has 2 unspecified atom stereocenters. The normalized spacial score (nSPS) is 36.1. The highest BCUT2D eigenvalue weighted by molar-refractivity contribution is 7.89. The first kappa shape index (κ1) is 8.47. The summed E-state index contributed by atoms with van der Waals surface area (Å²) >= 11 is 0. The van der Waals surface area contributed by atoms with E-state index in [-0.39, 0.29) is 11.8 Å². The van der Waals surface area contributed by atoms with Crippen molar-refractivity contribution in [2.75, 3.05) is 18.8 Å². The molecule has 1 aliphatic heterocycles. The van der Waals surface area contributed by atoms with Crippen LogP contribution < -0.4 is 5.32 Å². The second-order valence-corrected chi connectivity index (χ2v) is 5.59. The van der Waals surface area contributed by atoms with Gasteiger partial charge in [0, 0.05) is 25.2 Å². The molecule has 1 N–H and O–H groups in total. The Bertz CT molecular complexity index is 275. The van der Waals surface area contributed by atoms with Crippen molar-refractivity contribution in [2.24, 2.45) is 0 Å². The lowest BCUT2D eigenvalue weighted by molar-refractivity contribution is 0.351. The van der Waals surface area contributed by atoms with Crippen LogP contribution in [-0.2, 0) is 10.0 Å². The average molecular weight is 190 g/mol. The van der Waals surface area contributed by atoms with Crippen LogP contribution in [0.15, 0.2) is 0 Å². The third-order valence-corrected chi connectivity index (χ3v) is 4.49. The number of sulfonamides is 1. The molecule has 70 valence electrons. The topological polar surface area (TPSA) is 49.4 Å². The van der Waals surface area contributed by atoms with Crippen LogP contribution in [0.2, 0.25) is 0 Å². The summed E-state index contributed by atoms with van der Waals surface area (Å²) < 4.78 is 24.6. The Balaban J connectivity index is 2.13. The summed E-state index contributed by atoms with van der Waals surface area (Å²) in [5.74, 6) is 0.232. The maximum atomic E-state index is 11.5. The molecular weight excluding hydrogens is 176 g/mol. The molecule has 1 aliphatic carbocycles. The Morgan fingerprint density at radius 1 is 1.58 bits per heavy atom. The zero-order chi connectivity index (χ0) is 8.77. The maximum Gasteiger partial charge on any atom is 0.214 e. The van der Waals surface area contributed by atoms with Crippen LogP contribution in [0.3, 0.4) is 0 Å². The van der Waals surface area contributed by atoms with E-state index in [1.54, 1.807) is 11.2 Å². The van der Waals surface area contributed by atoms with Gasteiger partial charge in [0.15, 0.2) is 0 Å². The predicted molar refractivity (Wildman–Crippen MR) is 46.4 cm³/mol. The Morgan fingerprint density at radius 3 is 3.00 bits per heavy atom. The lowest BCUT2D eigenvalue weighted by Crippen LogP contribution is -2.46. The Labute approximate surface area is 73.0 Å². The van der Waals surface area contributed by atoms with E-state index in [0.29, 0.717) is 12.6 Å². The van der Waals surface area contributed by atoms with Gasteiger partial charge in [-0.3, -0.25) is 0 Å². The minimum Gasteiger partial charge on any atom is -0.311 e. The molecule has 1 saturated heterocycles. The second-order valence-electron chi connectivity index (χ2n) is 3.37. The minimum atomic E-state index is -2.94. The van der Waals surface area contributed by atoms with Gasteiger partial charge < -0.3 is 5.32 Å². The summed E-state index contributed by atoms with van der Waals surface area (Å²) in [7, 11) is -2.94. The summed E-state index contributed by atoms with van der Waals surface area (Å²) in [4.78, 5) is 0. The number of nitrogens with one attached hydrogen (secondary N) is 1. The summed E-state index contributed by atoms with van der Waals surface area (Å²) in [5, 5.41) is 3.28. The van der Waals surface area contributed by atoms with E-state index in [0.717, 1.165) is 13.0 Å². The van der Waals surface area contributed by atoms with Crippen LogP contribution in [0, 0.1) is 0 Å². The number of hydrogen-bond donors (Lipinski definition) is 1. The van der Waals surface area contributed by atoms with Crippen molar-refractivity contribution in [2.45, 2.75) is 25.4 Å². The van der Waals surface area contributed by atoms with Crippen LogP contribution in [0.1, 0.15) is 13.3 Å². The largest absolute Gasteiger partial charge is 0.311 e. The van der Waals surface area contributed by atoms with Gasteiger partial charge in [0.2, 0.25) is 10.0 Å². The molecule has 0 aromatic rings. The van der Waals surface area contributed by atoms with Crippen molar-refractivity contribution in [1.82, 2.24) is 9.62 Å². The minimum absolute atomic E-state index is 0.232. The molecule has 0 radical (unpaired) electrons. The fraction of sp³-hybridized carbons (Fsp3) is 1.00. The maximum absolute atomic E-state index is 11.5. The van der Waals surface area contributed by atoms with Crippen molar-refractivity contribution in [3.63, 3.8) is 0 Å². The van der Waals surface area contributed by atoms with Crippen LogP contribution in [-0.4, -0.2) is 43.6 Å². The molecule has 0 spiro atoms. The summed E-state index contributed by atoms with van der Waals surface area (Å²) in [6.07, 6.45) is 0.999. The van der Waals surface area contributed by atoms with Gasteiger partial charge >= 0.3 is 0 Å². The molecule has 0 aromatic carbocycles. The van der Waals surface area contributed by atoms with Gasteiger partial charge in [-0.15, -0.1) is 0 Å². The Hall–Kier alpha value is -0.130. The third-order valence-electron chi connectivity index (χ3n) is 2.59. The van der Waals surface area contributed by atoms with Gasteiger partial charge in [-0.1, -0.05) is 0 Å². The van der Waals surface area contributed by atoms with E-state index in [9.17, 15) is 8.42 Å². The molecule has 0 aromatic heterocycles. The quantitative estimate of drug-likeness (QED) is 0.631. The highest BCUT2D eigenvalue weighted by Crippen LogP contribution is 2.32. The first-order chi connectivity index (χ1) is 5.65. The molecule has 12 heavy (non-hydrogen) atoms. The molecule has 1 saturated carbocycles. The van der Waals surface area contributed by atoms with Crippen molar-refractivity contribution in [3.05, 3.63) is 0 Å². The first-order valence-electron chi connectivity index (χ1n) is 4.38. The molecule has 4 nitrogen and oxygen atoms in total. The molecule has 1 heterocycles. The van der Waals surface area contributed by atoms with Crippen molar-refractivity contribution in [1.29, 1.82) is 0 Å². The second kappa shape index (κ2) is 2.68. The van der Waals surface area contributed by atoms with Crippen LogP contribution in [0.4, 0.5) is 0 Å². The van der Waals surface area contributed by atoms with E-state index in [1.165, 1.54) is 0 Å².